The molecule has 0 aliphatic heterocycles. The summed E-state index contributed by atoms with van der Waals surface area (Å²) < 4.78 is 30.3. The van der Waals surface area contributed by atoms with Crippen LogP contribution in [0.1, 0.15) is 18.7 Å². The molecular formula is C9H18N4O3S. The van der Waals surface area contributed by atoms with Gasteiger partial charge in [-0.15, -0.1) is 0 Å². The second-order valence-electron chi connectivity index (χ2n) is 3.60. The maximum absolute atomic E-state index is 11.5. The molecule has 0 atom stereocenters. The number of hydrogen-bond donors (Lipinski definition) is 2. The van der Waals surface area contributed by atoms with Gasteiger partial charge in [0.05, 0.1) is 5.75 Å². The number of nitrogens with one attached hydrogen (secondary N) is 2. The van der Waals surface area contributed by atoms with Gasteiger partial charge >= 0.3 is 0 Å². The van der Waals surface area contributed by atoms with E-state index < -0.39 is 10.0 Å². The van der Waals surface area contributed by atoms with Crippen molar-refractivity contribution in [3.05, 3.63) is 12.2 Å². The van der Waals surface area contributed by atoms with Crippen molar-refractivity contribution in [2.24, 2.45) is 0 Å². The van der Waals surface area contributed by atoms with Crippen LogP contribution in [-0.4, -0.2) is 49.6 Å². The van der Waals surface area contributed by atoms with Crippen molar-refractivity contribution in [3.63, 3.8) is 0 Å². The number of nitrogens with zero attached hydrogens (tertiary/aromatic N) is 2. The third-order valence-electron chi connectivity index (χ3n) is 2.14. The van der Waals surface area contributed by atoms with Gasteiger partial charge in [-0.1, -0.05) is 0 Å². The van der Waals surface area contributed by atoms with Crippen LogP contribution >= 0.6 is 0 Å². The predicted octanol–water partition coefficient (Wildman–Crippen LogP) is -0.307. The first kappa shape index (κ1) is 14.1. The largest absolute Gasteiger partial charge is 0.385 e. The standard InChI is InChI=1S/C9H18N4O3S/c1-16-6-3-7-17(14,15)12-5-2-4-9-10-8-11-13-9/h8,12H,2-7H2,1H3,(H,10,11,13). The number of methoxy groups -OCH3 is 1. The van der Waals surface area contributed by atoms with Crippen molar-refractivity contribution in [2.45, 2.75) is 19.3 Å². The first-order valence-electron chi connectivity index (χ1n) is 5.44. The quantitative estimate of drug-likeness (QED) is 0.595. The van der Waals surface area contributed by atoms with Crippen LogP contribution in [0, 0.1) is 0 Å². The van der Waals surface area contributed by atoms with Gasteiger partial charge in [0, 0.05) is 26.7 Å². The molecule has 1 aromatic rings. The SMILES string of the molecule is COCCCS(=O)(=O)NCCCc1ncn[nH]1. The van der Waals surface area contributed by atoms with Gasteiger partial charge < -0.3 is 4.74 Å². The minimum atomic E-state index is -3.17. The van der Waals surface area contributed by atoms with Crippen LogP contribution in [0.25, 0.3) is 0 Å². The lowest BCUT2D eigenvalue weighted by atomic mass is 10.3. The van der Waals surface area contributed by atoms with Crippen molar-refractivity contribution >= 4 is 10.0 Å². The van der Waals surface area contributed by atoms with Crippen LogP contribution in [0.5, 0.6) is 0 Å². The molecule has 0 spiro atoms. The maximum atomic E-state index is 11.5. The molecule has 1 aromatic heterocycles. The third kappa shape index (κ3) is 6.35. The summed E-state index contributed by atoms with van der Waals surface area (Å²) in [7, 11) is -1.62. The third-order valence-corrected chi connectivity index (χ3v) is 3.61. The maximum Gasteiger partial charge on any atom is 0.211 e. The number of sulfonamides is 1. The zero-order valence-corrected chi connectivity index (χ0v) is 10.7. The molecule has 0 radical (unpaired) electrons. The summed E-state index contributed by atoms with van der Waals surface area (Å²) in [4.78, 5) is 3.95. The average molecular weight is 262 g/mol. The van der Waals surface area contributed by atoms with Crippen LogP contribution in [-0.2, 0) is 21.2 Å². The van der Waals surface area contributed by atoms with Gasteiger partial charge in [-0.25, -0.2) is 18.1 Å². The number of ether oxygens (including phenoxy) is 1. The van der Waals surface area contributed by atoms with E-state index in [-0.39, 0.29) is 5.75 Å². The van der Waals surface area contributed by atoms with E-state index in [2.05, 4.69) is 19.9 Å². The van der Waals surface area contributed by atoms with E-state index in [1.54, 1.807) is 7.11 Å². The molecule has 7 nitrogen and oxygen atoms in total. The number of H-pyrrole nitrogens is 1. The highest BCUT2D eigenvalue weighted by Gasteiger charge is 2.08. The van der Waals surface area contributed by atoms with Gasteiger partial charge in [-0.05, 0) is 12.8 Å². The molecular weight excluding hydrogens is 244 g/mol. The highest BCUT2D eigenvalue weighted by Crippen LogP contribution is 1.94. The Balaban J connectivity index is 2.12. The van der Waals surface area contributed by atoms with Crippen molar-refractivity contribution in [1.29, 1.82) is 0 Å². The molecule has 0 amide bonds. The fourth-order valence-electron chi connectivity index (χ4n) is 1.30. The second kappa shape index (κ2) is 7.36. The number of hydrogen-bond acceptors (Lipinski definition) is 5. The Hall–Kier alpha value is -0.990. The van der Waals surface area contributed by atoms with Crippen molar-refractivity contribution in [3.8, 4) is 0 Å². The van der Waals surface area contributed by atoms with Crippen LogP contribution in [0.15, 0.2) is 6.33 Å². The molecule has 0 aliphatic rings. The minimum Gasteiger partial charge on any atom is -0.385 e. The molecule has 0 saturated carbocycles. The Bertz CT molecular complexity index is 390. The number of aromatic nitrogens is 3. The zero-order valence-electron chi connectivity index (χ0n) is 9.85. The van der Waals surface area contributed by atoms with Gasteiger partial charge in [0.25, 0.3) is 0 Å². The van der Waals surface area contributed by atoms with Crippen molar-refractivity contribution in [1.82, 2.24) is 19.9 Å². The first-order chi connectivity index (χ1) is 8.14. The molecule has 8 heteroatoms. The van der Waals surface area contributed by atoms with Gasteiger partial charge in [0.1, 0.15) is 12.2 Å². The van der Waals surface area contributed by atoms with E-state index in [0.717, 1.165) is 5.82 Å². The van der Waals surface area contributed by atoms with E-state index in [9.17, 15) is 8.42 Å². The van der Waals surface area contributed by atoms with Gasteiger partial charge in [-0.2, -0.15) is 5.10 Å². The molecule has 2 N–H and O–H groups in total. The molecule has 1 rings (SSSR count). The lowest BCUT2D eigenvalue weighted by molar-refractivity contribution is 0.199. The van der Waals surface area contributed by atoms with E-state index in [4.69, 9.17) is 4.74 Å². The van der Waals surface area contributed by atoms with Crippen LogP contribution in [0.4, 0.5) is 0 Å². The molecule has 0 aromatic carbocycles. The van der Waals surface area contributed by atoms with Gasteiger partial charge in [0.15, 0.2) is 0 Å². The lowest BCUT2D eigenvalue weighted by Gasteiger charge is -2.05. The fraction of sp³-hybridized carbons (Fsp3) is 0.778. The number of aromatic amines is 1. The predicted molar refractivity (Wildman–Crippen MR) is 63.0 cm³/mol. The summed E-state index contributed by atoms with van der Waals surface area (Å²) in [6.45, 7) is 0.870. The Morgan fingerprint density at radius 1 is 1.47 bits per heavy atom. The van der Waals surface area contributed by atoms with Gasteiger partial charge in [-0.3, -0.25) is 5.10 Å². The minimum absolute atomic E-state index is 0.100. The summed E-state index contributed by atoms with van der Waals surface area (Å²) in [6, 6.07) is 0. The van der Waals surface area contributed by atoms with E-state index >= 15 is 0 Å². The smallest absolute Gasteiger partial charge is 0.211 e. The average Bonchev–Trinajstić information content (AvgIpc) is 2.77. The molecule has 0 unspecified atom stereocenters. The van der Waals surface area contributed by atoms with Crippen LogP contribution in [0.3, 0.4) is 0 Å². The summed E-state index contributed by atoms with van der Waals surface area (Å²) >= 11 is 0. The lowest BCUT2D eigenvalue weighted by Crippen LogP contribution is -2.28. The Kier molecular flexibility index (Phi) is 6.09. The zero-order chi connectivity index (χ0) is 12.6. The Morgan fingerprint density at radius 2 is 2.29 bits per heavy atom. The van der Waals surface area contributed by atoms with E-state index in [1.165, 1.54) is 6.33 Å². The monoisotopic (exact) mass is 262 g/mol. The summed E-state index contributed by atoms with van der Waals surface area (Å²) in [6.07, 6.45) is 3.32. The summed E-state index contributed by atoms with van der Waals surface area (Å²) in [5.74, 6) is 0.868. The highest BCUT2D eigenvalue weighted by atomic mass is 32.2. The topological polar surface area (TPSA) is 97.0 Å². The molecule has 0 aliphatic carbocycles. The van der Waals surface area contributed by atoms with E-state index in [1.807, 2.05) is 0 Å². The van der Waals surface area contributed by atoms with Crippen LogP contribution < -0.4 is 4.72 Å². The molecule has 0 bridgehead atoms. The molecule has 98 valence electrons. The van der Waals surface area contributed by atoms with Gasteiger partial charge in [0.2, 0.25) is 10.0 Å². The van der Waals surface area contributed by atoms with Crippen molar-refractivity contribution in [2.75, 3.05) is 26.0 Å². The summed E-state index contributed by atoms with van der Waals surface area (Å²) in [5.41, 5.74) is 0. The van der Waals surface area contributed by atoms with E-state index in [0.29, 0.717) is 32.4 Å². The summed E-state index contributed by atoms with van der Waals surface area (Å²) in [5, 5.41) is 6.43. The normalized spacial score (nSPS) is 11.8. The number of rotatable bonds is 9. The van der Waals surface area contributed by atoms with Crippen molar-refractivity contribution < 1.29 is 13.2 Å². The number of aryl methyl sites for hydroxylation is 1. The first-order valence-corrected chi connectivity index (χ1v) is 7.10. The Morgan fingerprint density at radius 3 is 2.94 bits per heavy atom. The fourth-order valence-corrected chi connectivity index (χ4v) is 2.40. The molecule has 1 heterocycles. The van der Waals surface area contributed by atoms with Crippen LogP contribution in [0.2, 0.25) is 0 Å². The molecule has 0 fully saturated rings. The second-order valence-corrected chi connectivity index (χ2v) is 5.52. The highest BCUT2D eigenvalue weighted by molar-refractivity contribution is 7.89. The Labute approximate surface area is 101 Å². The molecule has 17 heavy (non-hydrogen) atoms. The molecule has 0 saturated heterocycles.